The topological polar surface area (TPSA) is 65.1 Å². The summed E-state index contributed by atoms with van der Waals surface area (Å²) in [4.78, 5) is 26.5. The number of rotatable bonds is 2. The highest BCUT2D eigenvalue weighted by Gasteiger charge is 2.40. The lowest BCUT2D eigenvalue weighted by molar-refractivity contribution is 0.0951. The molecule has 0 N–H and O–H groups in total. The average molecular weight is 342 g/mol. The van der Waals surface area contributed by atoms with Gasteiger partial charge in [0.2, 0.25) is 17.3 Å². The Kier molecular flexibility index (Phi) is 3.00. The Bertz CT molecular complexity index is 1200. The van der Waals surface area contributed by atoms with Crippen molar-refractivity contribution in [1.82, 2.24) is 9.72 Å². The fourth-order valence-electron chi connectivity index (χ4n) is 3.78. The maximum Gasteiger partial charge on any atom is 0.234 e. The fraction of sp³-hybridized carbons (Fsp3) is 0.0952. The summed E-state index contributed by atoms with van der Waals surface area (Å²) < 4.78 is 7.24. The molecule has 0 saturated carbocycles. The van der Waals surface area contributed by atoms with Crippen molar-refractivity contribution in [1.29, 1.82) is 0 Å². The van der Waals surface area contributed by atoms with Gasteiger partial charge >= 0.3 is 0 Å². The molecular weight excluding hydrogens is 328 g/mol. The first-order valence-corrected chi connectivity index (χ1v) is 8.48. The molecular formula is C21H14N2O3. The molecule has 0 radical (unpaired) electrons. The molecule has 26 heavy (non-hydrogen) atoms. The van der Waals surface area contributed by atoms with E-state index in [4.69, 9.17) is 4.52 Å². The highest BCUT2D eigenvalue weighted by Crippen LogP contribution is 2.38. The Labute approximate surface area is 148 Å². The number of hydrogen-bond acceptors (Lipinski definition) is 4. The molecule has 5 nitrogen and oxygen atoms in total. The summed E-state index contributed by atoms with van der Waals surface area (Å²) in [5, 5.41) is 4.81. The van der Waals surface area contributed by atoms with Gasteiger partial charge in [0.25, 0.3) is 0 Å². The number of fused-ring (bicyclic) bond motifs is 4. The second-order valence-electron chi connectivity index (χ2n) is 6.24. The van der Waals surface area contributed by atoms with Gasteiger partial charge in [0.15, 0.2) is 0 Å². The number of carbonyl (C=O) groups excluding carboxylic acids is 2. The Morgan fingerprint density at radius 2 is 1.65 bits per heavy atom. The van der Waals surface area contributed by atoms with Crippen molar-refractivity contribution < 1.29 is 14.1 Å². The number of hydrogen-bond donors (Lipinski definition) is 0. The zero-order valence-electron chi connectivity index (χ0n) is 14.0. The first kappa shape index (κ1) is 14.8. The second kappa shape index (κ2) is 5.26. The van der Waals surface area contributed by atoms with Gasteiger partial charge in [-0.15, -0.1) is 0 Å². The summed E-state index contributed by atoms with van der Waals surface area (Å²) in [5.41, 5.74) is 3.13. The number of aryl methyl sites for hydroxylation is 1. The Hall–Kier alpha value is -3.47. The van der Waals surface area contributed by atoms with Crippen molar-refractivity contribution in [2.75, 3.05) is 0 Å². The van der Waals surface area contributed by atoms with E-state index in [1.807, 2.05) is 66.1 Å². The summed E-state index contributed by atoms with van der Waals surface area (Å²) in [6.45, 7) is 2.56. The zero-order chi connectivity index (χ0) is 17.8. The summed E-state index contributed by atoms with van der Waals surface area (Å²) >= 11 is 0. The Morgan fingerprint density at radius 1 is 0.923 bits per heavy atom. The molecule has 126 valence electrons. The lowest BCUT2D eigenvalue weighted by atomic mass is 9.89. The molecule has 5 rings (SSSR count). The van der Waals surface area contributed by atoms with Crippen LogP contribution in [-0.4, -0.2) is 21.3 Å². The highest BCUT2D eigenvalue weighted by molar-refractivity contribution is 6.32. The molecule has 0 bridgehead atoms. The molecule has 2 aromatic heterocycles. The maximum absolute atomic E-state index is 13.4. The predicted molar refractivity (Wildman–Crippen MR) is 96.4 cm³/mol. The quantitative estimate of drug-likeness (QED) is 0.485. The molecule has 0 spiro atoms. The van der Waals surface area contributed by atoms with E-state index in [2.05, 4.69) is 5.16 Å². The van der Waals surface area contributed by atoms with Gasteiger partial charge in [-0.25, -0.2) is 0 Å². The number of carbonyl (C=O) groups is 2. The summed E-state index contributed by atoms with van der Waals surface area (Å²) in [6.07, 6.45) is 0. The van der Waals surface area contributed by atoms with Crippen LogP contribution in [0.4, 0.5) is 0 Å². The zero-order valence-corrected chi connectivity index (χ0v) is 14.0. The third-order valence-corrected chi connectivity index (χ3v) is 4.90. The molecule has 0 unspecified atom stereocenters. The Balaban J connectivity index is 1.84. The first-order valence-electron chi connectivity index (χ1n) is 8.48. The van der Waals surface area contributed by atoms with Gasteiger partial charge in [-0.3, -0.25) is 9.59 Å². The molecule has 2 heterocycles. The van der Waals surface area contributed by atoms with E-state index in [0.29, 0.717) is 23.5 Å². The number of para-hydroxylation sites is 1. The van der Waals surface area contributed by atoms with Gasteiger partial charge in [0.1, 0.15) is 17.0 Å². The van der Waals surface area contributed by atoms with Crippen molar-refractivity contribution in [2.45, 2.75) is 13.5 Å². The second-order valence-corrected chi connectivity index (χ2v) is 6.24. The smallest absolute Gasteiger partial charge is 0.234 e. The van der Waals surface area contributed by atoms with Crippen LogP contribution in [0.3, 0.4) is 0 Å². The molecule has 0 amide bonds. The van der Waals surface area contributed by atoms with Gasteiger partial charge in [-0.05, 0) is 13.0 Å². The van der Waals surface area contributed by atoms with Crippen molar-refractivity contribution in [3.8, 4) is 11.3 Å². The van der Waals surface area contributed by atoms with Crippen molar-refractivity contribution in [3.63, 3.8) is 0 Å². The van der Waals surface area contributed by atoms with Crippen molar-refractivity contribution in [3.05, 3.63) is 77.2 Å². The fourth-order valence-corrected chi connectivity index (χ4v) is 3.78. The van der Waals surface area contributed by atoms with Crippen LogP contribution in [0.1, 0.15) is 39.1 Å². The van der Waals surface area contributed by atoms with Crippen molar-refractivity contribution in [2.24, 2.45) is 0 Å². The van der Waals surface area contributed by atoms with Gasteiger partial charge in [-0.1, -0.05) is 53.7 Å². The molecule has 0 fully saturated rings. The molecule has 4 aromatic rings. The van der Waals surface area contributed by atoms with Gasteiger partial charge < -0.3 is 9.09 Å². The number of benzene rings is 2. The van der Waals surface area contributed by atoms with Crippen LogP contribution in [0.5, 0.6) is 0 Å². The van der Waals surface area contributed by atoms with Gasteiger partial charge in [0, 0.05) is 23.0 Å². The summed E-state index contributed by atoms with van der Waals surface area (Å²) in [5.74, 6) is -0.471. The third-order valence-electron chi connectivity index (χ3n) is 4.90. The van der Waals surface area contributed by atoms with E-state index < -0.39 is 0 Å². The predicted octanol–water partition coefficient (Wildman–Crippen LogP) is 4.09. The maximum atomic E-state index is 13.4. The molecule has 1 aliphatic rings. The minimum absolute atomic E-state index is 0.0281. The van der Waals surface area contributed by atoms with Gasteiger partial charge in [0.05, 0.1) is 5.56 Å². The van der Waals surface area contributed by atoms with Crippen LogP contribution in [-0.2, 0) is 6.54 Å². The largest absolute Gasteiger partial charge is 0.351 e. The molecule has 2 aromatic carbocycles. The number of nitrogens with zero attached hydrogens (tertiary/aromatic N) is 2. The summed E-state index contributed by atoms with van der Waals surface area (Å²) in [7, 11) is 0. The van der Waals surface area contributed by atoms with E-state index >= 15 is 0 Å². The molecule has 5 heteroatoms. The van der Waals surface area contributed by atoms with Crippen LogP contribution in [0, 0.1) is 0 Å². The van der Waals surface area contributed by atoms with E-state index in [0.717, 1.165) is 16.5 Å². The first-order chi connectivity index (χ1) is 12.7. The van der Waals surface area contributed by atoms with Gasteiger partial charge in [-0.2, -0.15) is 0 Å². The van der Waals surface area contributed by atoms with Crippen LogP contribution in [0.2, 0.25) is 0 Å². The van der Waals surface area contributed by atoms with Crippen molar-refractivity contribution >= 4 is 22.5 Å². The van der Waals surface area contributed by atoms with E-state index in [9.17, 15) is 9.59 Å². The number of ketones is 2. The highest BCUT2D eigenvalue weighted by atomic mass is 16.5. The molecule has 0 saturated heterocycles. The molecule has 0 atom stereocenters. The minimum Gasteiger partial charge on any atom is -0.351 e. The lowest BCUT2D eigenvalue weighted by Gasteiger charge is -2.13. The van der Waals surface area contributed by atoms with Crippen LogP contribution < -0.4 is 0 Å². The lowest BCUT2D eigenvalue weighted by Crippen LogP contribution is -2.22. The number of aromatic nitrogens is 2. The minimum atomic E-state index is -0.285. The third kappa shape index (κ3) is 1.77. The normalized spacial score (nSPS) is 13.1. The standard InChI is InChI=1S/C21H14N2O3/c1-2-23-14-11-7-6-10-13(14)15-18(23)19(24)16-17(12-8-4-3-5-9-12)22-26-21(16)20(15)25/h3-11H,2H2,1H3. The summed E-state index contributed by atoms with van der Waals surface area (Å²) in [6, 6.07) is 16.9. The SMILES string of the molecule is CCn1c2c(c3ccccc31)C(=O)c1onc(-c3ccccc3)c1C2=O. The average Bonchev–Trinajstić information content (AvgIpc) is 3.27. The van der Waals surface area contributed by atoms with E-state index in [1.54, 1.807) is 0 Å². The van der Waals surface area contributed by atoms with E-state index in [1.165, 1.54) is 0 Å². The van der Waals surface area contributed by atoms with Crippen LogP contribution in [0.15, 0.2) is 59.1 Å². The molecule has 0 aliphatic heterocycles. The molecule has 1 aliphatic carbocycles. The van der Waals surface area contributed by atoms with Crippen LogP contribution >= 0.6 is 0 Å². The van der Waals surface area contributed by atoms with E-state index in [-0.39, 0.29) is 22.9 Å². The monoisotopic (exact) mass is 342 g/mol. The van der Waals surface area contributed by atoms with Crippen LogP contribution in [0.25, 0.3) is 22.2 Å². The Morgan fingerprint density at radius 3 is 2.42 bits per heavy atom.